The summed E-state index contributed by atoms with van der Waals surface area (Å²) in [7, 11) is 0. The van der Waals surface area contributed by atoms with Crippen molar-refractivity contribution in [2.75, 3.05) is 6.67 Å². The molecule has 1 aromatic carbocycles. The number of benzene rings is 1. The highest BCUT2D eigenvalue weighted by Crippen LogP contribution is 2.19. The van der Waals surface area contributed by atoms with Crippen LogP contribution in [0.25, 0.3) is 6.08 Å². The van der Waals surface area contributed by atoms with E-state index in [1.807, 2.05) is 32.0 Å². The second-order valence-electron chi connectivity index (χ2n) is 3.44. The van der Waals surface area contributed by atoms with Gasteiger partial charge in [0.05, 0.1) is 6.67 Å². The van der Waals surface area contributed by atoms with Crippen LogP contribution in [0.15, 0.2) is 24.8 Å². The molecule has 1 atom stereocenters. The van der Waals surface area contributed by atoms with E-state index >= 15 is 0 Å². The summed E-state index contributed by atoms with van der Waals surface area (Å²) >= 11 is 0. The fraction of sp³-hybridized carbons (Fsp3) is 0.333. The van der Waals surface area contributed by atoms with Crippen molar-refractivity contribution in [3.05, 3.63) is 41.5 Å². The van der Waals surface area contributed by atoms with Crippen molar-refractivity contribution < 1.29 is 4.39 Å². The SMILES string of the molecule is C=Cc1cc(C)cc(C(C)CF)c1. The first kappa shape index (κ1) is 9.97. The van der Waals surface area contributed by atoms with Gasteiger partial charge in [-0.05, 0) is 18.1 Å². The average Bonchev–Trinajstić information content (AvgIpc) is 2.15. The van der Waals surface area contributed by atoms with Crippen molar-refractivity contribution in [2.24, 2.45) is 0 Å². The Morgan fingerprint density at radius 3 is 2.69 bits per heavy atom. The van der Waals surface area contributed by atoms with E-state index in [1.165, 1.54) is 0 Å². The van der Waals surface area contributed by atoms with Crippen LogP contribution >= 0.6 is 0 Å². The van der Waals surface area contributed by atoms with E-state index in [0.29, 0.717) is 0 Å². The molecule has 1 heteroatoms. The maximum atomic E-state index is 12.4. The lowest BCUT2D eigenvalue weighted by Crippen LogP contribution is -1.96. The summed E-state index contributed by atoms with van der Waals surface area (Å²) in [6.45, 7) is 7.30. The Morgan fingerprint density at radius 2 is 2.15 bits per heavy atom. The van der Waals surface area contributed by atoms with Crippen LogP contribution in [0.1, 0.15) is 29.5 Å². The molecule has 1 rings (SSSR count). The smallest absolute Gasteiger partial charge is 0.0960 e. The molecular weight excluding hydrogens is 163 g/mol. The first-order valence-electron chi connectivity index (χ1n) is 4.47. The van der Waals surface area contributed by atoms with Crippen LogP contribution in [0.2, 0.25) is 0 Å². The second-order valence-corrected chi connectivity index (χ2v) is 3.44. The molecule has 0 aliphatic rings. The standard InChI is InChI=1S/C12H15F/c1-4-11-5-9(2)6-12(7-11)10(3)8-13/h4-7,10H,1,8H2,2-3H3. The zero-order valence-electron chi connectivity index (χ0n) is 8.18. The van der Waals surface area contributed by atoms with Crippen LogP contribution in [0, 0.1) is 6.92 Å². The molecule has 0 fully saturated rings. The van der Waals surface area contributed by atoms with E-state index in [0.717, 1.165) is 16.7 Å². The van der Waals surface area contributed by atoms with Gasteiger partial charge in [0.1, 0.15) is 0 Å². The highest BCUT2D eigenvalue weighted by Gasteiger charge is 2.05. The normalized spacial score (nSPS) is 12.5. The van der Waals surface area contributed by atoms with Crippen LogP contribution in [-0.4, -0.2) is 6.67 Å². The van der Waals surface area contributed by atoms with E-state index < -0.39 is 0 Å². The topological polar surface area (TPSA) is 0 Å². The molecule has 0 amide bonds. The number of rotatable bonds is 3. The van der Waals surface area contributed by atoms with Crippen molar-refractivity contribution >= 4 is 6.08 Å². The quantitative estimate of drug-likeness (QED) is 0.661. The minimum Gasteiger partial charge on any atom is -0.250 e. The molecule has 0 saturated carbocycles. The maximum absolute atomic E-state index is 12.4. The van der Waals surface area contributed by atoms with Gasteiger partial charge in [-0.25, -0.2) is 0 Å². The van der Waals surface area contributed by atoms with Crippen LogP contribution in [0.3, 0.4) is 0 Å². The van der Waals surface area contributed by atoms with E-state index in [-0.39, 0.29) is 12.6 Å². The van der Waals surface area contributed by atoms with Crippen molar-refractivity contribution in [3.8, 4) is 0 Å². The van der Waals surface area contributed by atoms with Gasteiger partial charge in [0.25, 0.3) is 0 Å². The molecule has 70 valence electrons. The van der Waals surface area contributed by atoms with Crippen LogP contribution < -0.4 is 0 Å². The van der Waals surface area contributed by atoms with Gasteiger partial charge in [0, 0.05) is 5.92 Å². The summed E-state index contributed by atoms with van der Waals surface area (Å²) < 4.78 is 12.4. The number of hydrogen-bond acceptors (Lipinski definition) is 0. The number of halogens is 1. The summed E-state index contributed by atoms with van der Waals surface area (Å²) in [5, 5.41) is 0. The van der Waals surface area contributed by atoms with Gasteiger partial charge in [0.2, 0.25) is 0 Å². The second kappa shape index (κ2) is 4.22. The zero-order valence-corrected chi connectivity index (χ0v) is 8.18. The van der Waals surface area contributed by atoms with Gasteiger partial charge < -0.3 is 0 Å². The van der Waals surface area contributed by atoms with Gasteiger partial charge >= 0.3 is 0 Å². The Balaban J connectivity index is 3.07. The molecule has 0 bridgehead atoms. The maximum Gasteiger partial charge on any atom is 0.0960 e. The lowest BCUT2D eigenvalue weighted by Gasteiger charge is -2.09. The van der Waals surface area contributed by atoms with Crippen molar-refractivity contribution in [1.29, 1.82) is 0 Å². The monoisotopic (exact) mass is 178 g/mol. The van der Waals surface area contributed by atoms with E-state index in [4.69, 9.17) is 0 Å². The summed E-state index contributed by atoms with van der Waals surface area (Å²) in [6, 6.07) is 6.06. The van der Waals surface area contributed by atoms with Crippen molar-refractivity contribution in [3.63, 3.8) is 0 Å². The predicted molar refractivity (Wildman–Crippen MR) is 55.7 cm³/mol. The Kier molecular flexibility index (Phi) is 3.24. The molecule has 13 heavy (non-hydrogen) atoms. The Bertz CT molecular complexity index is 302. The first-order chi connectivity index (χ1) is 6.17. The summed E-state index contributed by atoms with van der Waals surface area (Å²) in [6.07, 6.45) is 1.79. The average molecular weight is 178 g/mol. The molecule has 0 spiro atoms. The van der Waals surface area contributed by atoms with Crippen LogP contribution in [-0.2, 0) is 0 Å². The number of aryl methyl sites for hydroxylation is 1. The minimum atomic E-state index is -0.306. The molecular formula is C12H15F. The third-order valence-corrected chi connectivity index (χ3v) is 2.16. The van der Waals surface area contributed by atoms with Crippen LogP contribution in [0.4, 0.5) is 4.39 Å². The molecule has 0 N–H and O–H groups in total. The lowest BCUT2D eigenvalue weighted by molar-refractivity contribution is 0.447. The molecule has 0 aliphatic heterocycles. The van der Waals surface area contributed by atoms with Gasteiger partial charge in [0.15, 0.2) is 0 Å². The van der Waals surface area contributed by atoms with Gasteiger partial charge in [-0.2, -0.15) is 0 Å². The Hall–Kier alpha value is -1.11. The van der Waals surface area contributed by atoms with Crippen molar-refractivity contribution in [2.45, 2.75) is 19.8 Å². The fourth-order valence-corrected chi connectivity index (χ4v) is 1.33. The summed E-state index contributed by atoms with van der Waals surface area (Å²) in [5.41, 5.74) is 3.28. The first-order valence-corrected chi connectivity index (χ1v) is 4.47. The zero-order chi connectivity index (χ0) is 9.84. The van der Waals surface area contributed by atoms with Gasteiger partial charge in [-0.3, -0.25) is 4.39 Å². The van der Waals surface area contributed by atoms with Crippen LogP contribution in [0.5, 0.6) is 0 Å². The molecule has 0 aliphatic carbocycles. The molecule has 0 heterocycles. The minimum absolute atomic E-state index is 0.0152. The third kappa shape index (κ3) is 2.41. The highest BCUT2D eigenvalue weighted by molar-refractivity contribution is 5.50. The molecule has 0 aromatic heterocycles. The number of hydrogen-bond donors (Lipinski definition) is 0. The summed E-state index contributed by atoms with van der Waals surface area (Å²) in [5.74, 6) is -0.0152. The summed E-state index contributed by atoms with van der Waals surface area (Å²) in [4.78, 5) is 0. The fourth-order valence-electron chi connectivity index (χ4n) is 1.33. The van der Waals surface area contributed by atoms with Crippen molar-refractivity contribution in [1.82, 2.24) is 0 Å². The molecule has 1 unspecified atom stereocenters. The Morgan fingerprint density at radius 1 is 1.46 bits per heavy atom. The Labute approximate surface area is 79.1 Å². The molecule has 0 nitrogen and oxygen atoms in total. The lowest BCUT2D eigenvalue weighted by atomic mass is 9.98. The van der Waals surface area contributed by atoms with Gasteiger partial charge in [-0.1, -0.05) is 43.3 Å². The molecule has 0 saturated heterocycles. The third-order valence-electron chi connectivity index (χ3n) is 2.16. The highest BCUT2D eigenvalue weighted by atomic mass is 19.1. The van der Waals surface area contributed by atoms with E-state index in [1.54, 1.807) is 6.08 Å². The van der Waals surface area contributed by atoms with E-state index in [2.05, 4.69) is 6.58 Å². The van der Waals surface area contributed by atoms with E-state index in [9.17, 15) is 4.39 Å². The molecule has 1 aromatic rings. The van der Waals surface area contributed by atoms with Gasteiger partial charge in [-0.15, -0.1) is 0 Å². The largest absolute Gasteiger partial charge is 0.250 e. The predicted octanol–water partition coefficient (Wildman–Crippen LogP) is 3.71. The number of alkyl halides is 1. The molecule has 0 radical (unpaired) electrons.